The molecule has 0 saturated carbocycles. The number of anilines is 1. The van der Waals surface area contributed by atoms with Gasteiger partial charge in [0.05, 0.1) is 18.0 Å². The Morgan fingerprint density at radius 3 is 2.70 bits per heavy atom. The van der Waals surface area contributed by atoms with Crippen molar-refractivity contribution in [1.29, 1.82) is 0 Å². The van der Waals surface area contributed by atoms with Gasteiger partial charge in [0.15, 0.2) is 5.76 Å². The average Bonchev–Trinajstić information content (AvgIpc) is 2.97. The second kappa shape index (κ2) is 6.82. The van der Waals surface area contributed by atoms with E-state index >= 15 is 0 Å². The van der Waals surface area contributed by atoms with E-state index in [-0.39, 0.29) is 32.3 Å². The van der Waals surface area contributed by atoms with Gasteiger partial charge < -0.3 is 10.2 Å². The van der Waals surface area contributed by atoms with Crippen molar-refractivity contribution in [2.24, 2.45) is 5.10 Å². The van der Waals surface area contributed by atoms with Crippen LogP contribution in [0.1, 0.15) is 16.2 Å². The Bertz CT molecular complexity index is 820. The Morgan fingerprint density at radius 2 is 2.09 bits per heavy atom. The molecule has 0 bridgehead atoms. The van der Waals surface area contributed by atoms with Gasteiger partial charge in [-0.05, 0) is 17.7 Å². The summed E-state index contributed by atoms with van der Waals surface area (Å²) in [6.07, 6.45) is 1.07. The normalized spacial score (nSPS) is 10.9. The maximum atomic E-state index is 11.9. The highest BCUT2D eigenvalue weighted by atomic mass is 35.5. The first-order chi connectivity index (χ1) is 10.8. The first-order valence-electron chi connectivity index (χ1n) is 5.74. The van der Waals surface area contributed by atoms with Crippen LogP contribution in [-0.4, -0.2) is 17.0 Å². The van der Waals surface area contributed by atoms with Gasteiger partial charge in [-0.1, -0.05) is 23.2 Å². The van der Waals surface area contributed by atoms with Crippen molar-refractivity contribution in [3.63, 3.8) is 0 Å². The number of nitrogens with two attached hydrogens (primary N) is 1. The molecule has 9 nitrogen and oxygen atoms in total. The van der Waals surface area contributed by atoms with Gasteiger partial charge in [0.25, 0.3) is 10.8 Å². The fraction of sp³-hybridized carbons (Fsp3) is 0. The Kier molecular flexibility index (Phi) is 5.04. The molecule has 2 aromatic heterocycles. The molecule has 4 N–H and O–H groups in total. The van der Waals surface area contributed by atoms with Gasteiger partial charge in [-0.25, -0.2) is 5.43 Å². The number of furan rings is 1. The number of nitro groups is 1. The Labute approximate surface area is 143 Å². The molecule has 0 aliphatic carbocycles. The van der Waals surface area contributed by atoms with Crippen LogP contribution in [0.15, 0.2) is 21.7 Å². The van der Waals surface area contributed by atoms with Crippen molar-refractivity contribution in [2.75, 3.05) is 5.73 Å². The molecule has 2 rings (SSSR count). The SMILES string of the molecule is Nc1c(Cl)c(Cl)[nH+]c(C(=O)N/N=C/c2ccc([N+](=O)[O-])o2)c1Cl. The third-order valence-corrected chi connectivity index (χ3v) is 3.66. The second-order valence-electron chi connectivity index (χ2n) is 3.99. The number of hydrazone groups is 1. The summed E-state index contributed by atoms with van der Waals surface area (Å²) in [6.45, 7) is 0. The van der Waals surface area contributed by atoms with Gasteiger partial charge >= 0.3 is 11.8 Å². The van der Waals surface area contributed by atoms with Crippen LogP contribution in [0.3, 0.4) is 0 Å². The van der Waals surface area contributed by atoms with Crippen molar-refractivity contribution >= 4 is 58.5 Å². The highest BCUT2D eigenvalue weighted by molar-refractivity contribution is 6.45. The van der Waals surface area contributed by atoms with Crippen LogP contribution >= 0.6 is 34.8 Å². The number of hydrogen-bond acceptors (Lipinski definition) is 6. The molecule has 0 aliphatic rings. The zero-order valence-corrected chi connectivity index (χ0v) is 13.2. The van der Waals surface area contributed by atoms with E-state index in [0.717, 1.165) is 12.3 Å². The van der Waals surface area contributed by atoms with Crippen molar-refractivity contribution in [1.82, 2.24) is 5.43 Å². The number of nitrogens with zero attached hydrogens (tertiary/aromatic N) is 2. The van der Waals surface area contributed by atoms with Crippen LogP contribution in [0.5, 0.6) is 0 Å². The van der Waals surface area contributed by atoms with E-state index < -0.39 is 16.7 Å². The van der Waals surface area contributed by atoms with Gasteiger partial charge in [-0.2, -0.15) is 10.1 Å². The van der Waals surface area contributed by atoms with Gasteiger partial charge in [0, 0.05) is 0 Å². The monoisotopic (exact) mass is 378 g/mol. The van der Waals surface area contributed by atoms with E-state index in [1.807, 2.05) is 0 Å². The summed E-state index contributed by atoms with van der Waals surface area (Å²) < 4.78 is 4.82. The minimum atomic E-state index is -0.752. The lowest BCUT2D eigenvalue weighted by Crippen LogP contribution is -2.28. The molecule has 0 atom stereocenters. The summed E-state index contributed by atoms with van der Waals surface area (Å²) in [7, 11) is 0. The Balaban J connectivity index is 2.13. The fourth-order valence-corrected chi connectivity index (χ4v) is 2.06. The van der Waals surface area contributed by atoms with Crippen LogP contribution < -0.4 is 16.1 Å². The minimum absolute atomic E-state index is 0.0142. The number of hydrogen-bond donors (Lipinski definition) is 2. The van der Waals surface area contributed by atoms with Crippen LogP contribution in [0.4, 0.5) is 11.6 Å². The number of aromatic amines is 1. The van der Waals surface area contributed by atoms with Crippen LogP contribution in [0.25, 0.3) is 0 Å². The zero-order valence-electron chi connectivity index (χ0n) is 11.0. The summed E-state index contributed by atoms with van der Waals surface area (Å²) in [6, 6.07) is 2.46. The first-order valence-corrected chi connectivity index (χ1v) is 6.87. The molecular formula is C11H7Cl3N5O4+. The highest BCUT2D eigenvalue weighted by Crippen LogP contribution is 2.31. The molecule has 120 valence electrons. The zero-order chi connectivity index (χ0) is 17.1. The maximum absolute atomic E-state index is 11.9. The molecule has 0 aliphatic heterocycles. The summed E-state index contributed by atoms with van der Waals surface area (Å²) in [4.78, 5) is 24.2. The number of amides is 1. The van der Waals surface area contributed by atoms with E-state index in [4.69, 9.17) is 45.0 Å². The maximum Gasteiger partial charge on any atom is 0.433 e. The summed E-state index contributed by atoms with van der Waals surface area (Å²) in [5, 5.41) is 13.8. The molecule has 2 aromatic rings. The molecule has 2 heterocycles. The predicted octanol–water partition coefficient (Wildman–Crippen LogP) is 2.31. The van der Waals surface area contributed by atoms with E-state index in [1.165, 1.54) is 6.07 Å². The largest absolute Gasteiger partial charge is 0.433 e. The summed E-state index contributed by atoms with van der Waals surface area (Å²) in [5.41, 5.74) is 7.52. The number of pyridine rings is 1. The Morgan fingerprint density at radius 1 is 1.39 bits per heavy atom. The number of nitrogen functional groups attached to an aromatic ring is 1. The lowest BCUT2D eigenvalue weighted by Gasteiger charge is -2.02. The number of carbonyl (C=O) groups is 1. The third-order valence-electron chi connectivity index (χ3n) is 2.50. The molecule has 0 aromatic carbocycles. The molecule has 0 saturated heterocycles. The number of halogens is 3. The summed E-state index contributed by atoms with van der Waals surface area (Å²) >= 11 is 17.4. The van der Waals surface area contributed by atoms with Crippen LogP contribution in [0, 0.1) is 10.1 Å². The lowest BCUT2D eigenvalue weighted by molar-refractivity contribution is -0.402. The molecule has 23 heavy (non-hydrogen) atoms. The average molecular weight is 380 g/mol. The van der Waals surface area contributed by atoms with E-state index in [9.17, 15) is 14.9 Å². The van der Waals surface area contributed by atoms with Crippen LogP contribution in [-0.2, 0) is 0 Å². The van der Waals surface area contributed by atoms with Gasteiger partial charge in [0.2, 0.25) is 0 Å². The molecule has 12 heteroatoms. The van der Waals surface area contributed by atoms with Crippen molar-refractivity contribution in [3.05, 3.63) is 48.9 Å². The van der Waals surface area contributed by atoms with Crippen molar-refractivity contribution in [2.45, 2.75) is 0 Å². The van der Waals surface area contributed by atoms with Gasteiger partial charge in [-0.15, -0.1) is 0 Å². The third kappa shape index (κ3) is 3.70. The molecule has 0 spiro atoms. The molecule has 0 radical (unpaired) electrons. The van der Waals surface area contributed by atoms with Gasteiger partial charge in [0.1, 0.15) is 15.0 Å². The lowest BCUT2D eigenvalue weighted by atomic mass is 10.3. The number of rotatable bonds is 4. The smallest absolute Gasteiger partial charge is 0.400 e. The van der Waals surface area contributed by atoms with Crippen molar-refractivity contribution < 1.29 is 19.1 Å². The molecular weight excluding hydrogens is 373 g/mol. The number of carbonyl (C=O) groups excluding carboxylic acids is 1. The van der Waals surface area contributed by atoms with E-state index in [1.54, 1.807) is 0 Å². The number of aromatic nitrogens is 1. The standard InChI is InChI=1S/C11H6Cl3N5O4/c12-6-8(15)7(13)10(14)17-9(6)11(20)18-16-3-4-1-2-5(23-4)19(21)22/h1-3H,(H2,15,17)(H,18,20)/p+1/b16-3+. The summed E-state index contributed by atoms with van der Waals surface area (Å²) in [5.74, 6) is -1.13. The predicted molar refractivity (Wildman–Crippen MR) is 82.9 cm³/mol. The topological polar surface area (TPSA) is 138 Å². The van der Waals surface area contributed by atoms with E-state index in [0.29, 0.717) is 0 Å². The van der Waals surface area contributed by atoms with E-state index in [2.05, 4.69) is 15.5 Å². The van der Waals surface area contributed by atoms with Crippen molar-refractivity contribution in [3.8, 4) is 0 Å². The number of H-pyrrole nitrogens is 1. The Hall–Kier alpha value is -2.36. The quantitative estimate of drug-likeness (QED) is 0.363. The molecule has 0 fully saturated rings. The van der Waals surface area contributed by atoms with Gasteiger partial charge in [-0.3, -0.25) is 14.9 Å². The number of nitrogens with one attached hydrogen (secondary N) is 2. The first kappa shape index (κ1) is 17.0. The van der Waals surface area contributed by atoms with Crippen LogP contribution in [0.2, 0.25) is 15.2 Å². The molecule has 0 unspecified atom stereocenters. The fourth-order valence-electron chi connectivity index (χ4n) is 1.45. The highest BCUT2D eigenvalue weighted by Gasteiger charge is 2.25. The second-order valence-corrected chi connectivity index (χ2v) is 5.12. The minimum Gasteiger partial charge on any atom is -0.400 e. The molecule has 1 amide bonds.